The molecule has 1 aromatic heterocycles. The Balaban J connectivity index is 2.39. The third-order valence-corrected chi connectivity index (χ3v) is 2.43. The molecule has 1 N–H and O–H groups in total. The Labute approximate surface area is 98.3 Å². The summed E-state index contributed by atoms with van der Waals surface area (Å²) >= 11 is 0. The average molecular weight is 234 g/mol. The summed E-state index contributed by atoms with van der Waals surface area (Å²) in [6, 6.07) is 6.15. The van der Waals surface area contributed by atoms with E-state index in [1.165, 1.54) is 18.3 Å². The van der Waals surface area contributed by atoms with Crippen molar-refractivity contribution < 1.29 is 8.78 Å². The second kappa shape index (κ2) is 5.01. The molecule has 4 heteroatoms. The summed E-state index contributed by atoms with van der Waals surface area (Å²) in [4.78, 5) is 3.71. The van der Waals surface area contributed by atoms with Crippen LogP contribution in [0.3, 0.4) is 0 Å². The molecule has 1 aromatic carbocycles. The normalized spacial score (nSPS) is 10.5. The molecule has 2 aromatic rings. The number of nitrogens with zero attached hydrogens (tertiary/aromatic N) is 1. The van der Waals surface area contributed by atoms with E-state index in [2.05, 4.69) is 10.3 Å². The minimum absolute atomic E-state index is 0.358. The minimum atomic E-state index is -0.471. The first-order valence-electron chi connectivity index (χ1n) is 5.24. The van der Waals surface area contributed by atoms with Gasteiger partial charge in [-0.2, -0.15) is 0 Å². The Morgan fingerprint density at radius 3 is 2.65 bits per heavy atom. The van der Waals surface area contributed by atoms with Gasteiger partial charge < -0.3 is 5.32 Å². The van der Waals surface area contributed by atoms with Gasteiger partial charge in [0.05, 0.1) is 6.20 Å². The van der Waals surface area contributed by atoms with Crippen molar-refractivity contribution in [1.82, 2.24) is 10.3 Å². The van der Waals surface area contributed by atoms with E-state index in [1.807, 2.05) is 0 Å². The predicted molar refractivity (Wildman–Crippen MR) is 62.4 cm³/mol. The van der Waals surface area contributed by atoms with Crippen molar-refractivity contribution in [2.75, 3.05) is 7.05 Å². The highest BCUT2D eigenvalue weighted by molar-refractivity contribution is 5.63. The van der Waals surface area contributed by atoms with Crippen LogP contribution in [0.2, 0.25) is 0 Å². The number of halogens is 2. The van der Waals surface area contributed by atoms with Crippen LogP contribution in [0.25, 0.3) is 11.1 Å². The molecule has 2 nitrogen and oxygen atoms in total. The highest BCUT2D eigenvalue weighted by Crippen LogP contribution is 2.23. The fourth-order valence-corrected chi connectivity index (χ4v) is 1.67. The van der Waals surface area contributed by atoms with E-state index in [9.17, 15) is 8.78 Å². The largest absolute Gasteiger partial charge is 0.316 e. The van der Waals surface area contributed by atoms with Crippen LogP contribution in [0.15, 0.2) is 36.7 Å². The lowest BCUT2D eigenvalue weighted by Crippen LogP contribution is -2.05. The Morgan fingerprint density at radius 1 is 1.18 bits per heavy atom. The first-order valence-corrected chi connectivity index (χ1v) is 5.24. The summed E-state index contributed by atoms with van der Waals surface area (Å²) in [5.41, 5.74) is 1.65. The maximum absolute atomic E-state index is 13.8. The van der Waals surface area contributed by atoms with Crippen LogP contribution in [0.4, 0.5) is 8.78 Å². The molecule has 0 saturated heterocycles. The molecular weight excluding hydrogens is 222 g/mol. The molecule has 0 spiro atoms. The first kappa shape index (κ1) is 11.7. The summed E-state index contributed by atoms with van der Waals surface area (Å²) < 4.78 is 26.8. The number of pyridine rings is 1. The van der Waals surface area contributed by atoms with E-state index in [0.717, 1.165) is 11.8 Å². The SMILES string of the molecule is CNCc1ccc(-c2cncc(F)c2)c(F)c1. The molecule has 88 valence electrons. The second-order valence-corrected chi connectivity index (χ2v) is 3.74. The van der Waals surface area contributed by atoms with Gasteiger partial charge in [-0.15, -0.1) is 0 Å². The molecule has 0 radical (unpaired) electrons. The second-order valence-electron chi connectivity index (χ2n) is 3.74. The summed E-state index contributed by atoms with van der Waals surface area (Å²) in [7, 11) is 1.79. The van der Waals surface area contributed by atoms with E-state index in [4.69, 9.17) is 0 Å². The topological polar surface area (TPSA) is 24.9 Å². The van der Waals surface area contributed by atoms with Crippen LogP contribution >= 0.6 is 0 Å². The van der Waals surface area contributed by atoms with E-state index in [1.54, 1.807) is 19.2 Å². The van der Waals surface area contributed by atoms with Gasteiger partial charge in [-0.25, -0.2) is 8.78 Å². The summed E-state index contributed by atoms with van der Waals surface area (Å²) in [5, 5.41) is 2.94. The molecule has 0 fully saturated rings. The number of aromatic nitrogens is 1. The van der Waals surface area contributed by atoms with Gasteiger partial charge in [0.1, 0.15) is 11.6 Å². The molecule has 0 aliphatic heterocycles. The molecule has 0 amide bonds. The first-order chi connectivity index (χ1) is 8.20. The van der Waals surface area contributed by atoms with Gasteiger partial charge in [0.25, 0.3) is 0 Å². The van der Waals surface area contributed by atoms with Crippen LogP contribution in [-0.2, 0) is 6.54 Å². The van der Waals surface area contributed by atoms with Gasteiger partial charge in [-0.3, -0.25) is 4.98 Å². The van der Waals surface area contributed by atoms with Crippen LogP contribution in [0, 0.1) is 11.6 Å². The maximum Gasteiger partial charge on any atom is 0.142 e. The van der Waals surface area contributed by atoms with Crippen molar-refractivity contribution in [2.45, 2.75) is 6.54 Å². The lowest BCUT2D eigenvalue weighted by Gasteiger charge is -2.06. The smallest absolute Gasteiger partial charge is 0.142 e. The Bertz CT molecular complexity index is 527. The van der Waals surface area contributed by atoms with E-state index >= 15 is 0 Å². The van der Waals surface area contributed by atoms with Crippen molar-refractivity contribution in [1.29, 1.82) is 0 Å². The van der Waals surface area contributed by atoms with Crippen LogP contribution < -0.4 is 5.32 Å². The number of hydrogen-bond acceptors (Lipinski definition) is 2. The van der Waals surface area contributed by atoms with Crippen LogP contribution in [0.1, 0.15) is 5.56 Å². The number of rotatable bonds is 3. The van der Waals surface area contributed by atoms with Crippen molar-refractivity contribution in [3.05, 3.63) is 53.9 Å². The van der Waals surface area contributed by atoms with E-state index in [0.29, 0.717) is 17.7 Å². The number of hydrogen-bond donors (Lipinski definition) is 1. The fourth-order valence-electron chi connectivity index (χ4n) is 1.67. The molecule has 0 atom stereocenters. The van der Waals surface area contributed by atoms with Crippen molar-refractivity contribution in [2.24, 2.45) is 0 Å². The third kappa shape index (κ3) is 2.65. The van der Waals surface area contributed by atoms with Gasteiger partial charge >= 0.3 is 0 Å². The van der Waals surface area contributed by atoms with Gasteiger partial charge in [-0.1, -0.05) is 12.1 Å². The van der Waals surface area contributed by atoms with Gasteiger partial charge in [0.15, 0.2) is 0 Å². The molecule has 0 unspecified atom stereocenters. The summed E-state index contributed by atoms with van der Waals surface area (Å²) in [5.74, 6) is -0.841. The zero-order valence-electron chi connectivity index (χ0n) is 9.37. The van der Waals surface area contributed by atoms with Gasteiger partial charge in [-0.05, 0) is 24.7 Å². The molecule has 1 heterocycles. The third-order valence-electron chi connectivity index (χ3n) is 2.43. The molecule has 0 aliphatic rings. The van der Waals surface area contributed by atoms with Crippen molar-refractivity contribution >= 4 is 0 Å². The molecule has 17 heavy (non-hydrogen) atoms. The molecular formula is C13H12F2N2. The zero-order chi connectivity index (χ0) is 12.3. The Hall–Kier alpha value is -1.81. The van der Waals surface area contributed by atoms with Crippen molar-refractivity contribution in [3.8, 4) is 11.1 Å². The highest BCUT2D eigenvalue weighted by atomic mass is 19.1. The van der Waals surface area contributed by atoms with Gasteiger partial charge in [0, 0.05) is 23.9 Å². The highest BCUT2D eigenvalue weighted by Gasteiger charge is 2.07. The van der Waals surface area contributed by atoms with E-state index < -0.39 is 5.82 Å². The maximum atomic E-state index is 13.8. The monoisotopic (exact) mass is 234 g/mol. The average Bonchev–Trinajstić information content (AvgIpc) is 2.29. The Kier molecular flexibility index (Phi) is 3.44. The zero-order valence-corrected chi connectivity index (χ0v) is 9.37. The molecule has 0 saturated carbocycles. The predicted octanol–water partition coefficient (Wildman–Crippen LogP) is 2.75. The minimum Gasteiger partial charge on any atom is -0.316 e. The fraction of sp³-hybridized carbons (Fsp3) is 0.154. The lowest BCUT2D eigenvalue weighted by molar-refractivity contribution is 0.618. The van der Waals surface area contributed by atoms with E-state index in [-0.39, 0.29) is 5.82 Å². The number of nitrogens with one attached hydrogen (secondary N) is 1. The quantitative estimate of drug-likeness (QED) is 0.883. The Morgan fingerprint density at radius 2 is 2.00 bits per heavy atom. The lowest BCUT2D eigenvalue weighted by atomic mass is 10.0. The van der Waals surface area contributed by atoms with Gasteiger partial charge in [0.2, 0.25) is 0 Å². The van der Waals surface area contributed by atoms with Crippen molar-refractivity contribution in [3.63, 3.8) is 0 Å². The number of benzene rings is 1. The molecule has 2 rings (SSSR count). The molecule has 0 aliphatic carbocycles. The van der Waals surface area contributed by atoms with Crippen LogP contribution in [0.5, 0.6) is 0 Å². The summed E-state index contributed by atoms with van der Waals surface area (Å²) in [6.45, 7) is 0.596. The van der Waals surface area contributed by atoms with Crippen LogP contribution in [-0.4, -0.2) is 12.0 Å². The molecule has 0 bridgehead atoms. The standard InChI is InChI=1S/C13H12F2N2/c1-16-6-9-2-3-12(13(15)4-9)10-5-11(14)8-17-7-10/h2-5,7-8,16H,6H2,1H3. The summed E-state index contributed by atoms with van der Waals surface area (Å²) in [6.07, 6.45) is 2.54.